The Hall–Kier alpha value is -1.07. The number of carboxylic acid groups (broad SMARTS) is 1. The van der Waals surface area contributed by atoms with Gasteiger partial charge >= 0.3 is 5.97 Å². The van der Waals surface area contributed by atoms with E-state index in [9.17, 15) is 9.90 Å². The molecule has 1 aromatic heterocycles. The Bertz CT molecular complexity index is 473. The number of carbonyl (C=O) groups is 1. The summed E-state index contributed by atoms with van der Waals surface area (Å²) in [5, 5.41) is 14.2. The number of nitrogens with zero attached hydrogens (tertiary/aromatic N) is 3. The third-order valence-corrected chi connectivity index (χ3v) is 4.25. The molecule has 0 saturated carbocycles. The molecule has 0 aliphatic carbocycles. The molecule has 1 N–H and O–H groups in total. The second-order valence-electron chi connectivity index (χ2n) is 5.15. The maximum Gasteiger partial charge on any atom is 0.320 e. The zero-order valence-corrected chi connectivity index (χ0v) is 12.2. The van der Waals surface area contributed by atoms with Crippen LogP contribution in [-0.2, 0) is 18.4 Å². The number of aromatic nitrogens is 2. The molecule has 6 heteroatoms. The van der Waals surface area contributed by atoms with Crippen LogP contribution >= 0.6 is 11.6 Å². The Morgan fingerprint density at radius 2 is 2.21 bits per heavy atom. The number of rotatable bonds is 3. The van der Waals surface area contributed by atoms with Gasteiger partial charge in [-0.1, -0.05) is 24.4 Å². The fraction of sp³-hybridized carbons (Fsp3) is 0.692. The molecule has 1 aromatic rings. The third-order valence-electron chi connectivity index (χ3n) is 3.78. The summed E-state index contributed by atoms with van der Waals surface area (Å²) in [6.45, 7) is 3.28. The van der Waals surface area contributed by atoms with Crippen LogP contribution in [-0.4, -0.2) is 38.3 Å². The Morgan fingerprint density at radius 3 is 2.79 bits per heavy atom. The zero-order chi connectivity index (χ0) is 14.0. The molecule has 1 saturated heterocycles. The quantitative estimate of drug-likeness (QED) is 0.925. The maximum atomic E-state index is 11.4. The summed E-state index contributed by atoms with van der Waals surface area (Å²) in [6, 6.07) is -0.404. The van der Waals surface area contributed by atoms with E-state index < -0.39 is 12.0 Å². The average molecular weight is 286 g/mol. The molecule has 1 aliphatic heterocycles. The topological polar surface area (TPSA) is 58.4 Å². The molecular formula is C13H20ClN3O2. The first-order valence-corrected chi connectivity index (χ1v) is 7.03. The lowest BCUT2D eigenvalue weighted by Gasteiger charge is -2.26. The highest BCUT2D eigenvalue weighted by atomic mass is 35.5. The summed E-state index contributed by atoms with van der Waals surface area (Å²) in [6.07, 6.45) is 3.83. The normalized spacial score (nSPS) is 21.3. The summed E-state index contributed by atoms with van der Waals surface area (Å²) in [7, 11) is 1.80. The minimum atomic E-state index is -0.737. The van der Waals surface area contributed by atoms with Crippen LogP contribution in [0.4, 0.5) is 0 Å². The monoisotopic (exact) mass is 285 g/mol. The van der Waals surface area contributed by atoms with Crippen molar-refractivity contribution in [2.75, 3.05) is 6.54 Å². The third kappa shape index (κ3) is 3.09. The van der Waals surface area contributed by atoms with E-state index in [0.717, 1.165) is 37.1 Å². The first-order chi connectivity index (χ1) is 9.00. The number of carboxylic acids is 1. The fourth-order valence-corrected chi connectivity index (χ4v) is 2.93. The first-order valence-electron chi connectivity index (χ1n) is 6.65. The van der Waals surface area contributed by atoms with Crippen molar-refractivity contribution < 1.29 is 9.90 Å². The lowest BCUT2D eigenvalue weighted by molar-refractivity contribution is -0.143. The Kier molecular flexibility index (Phi) is 4.47. The molecule has 0 bridgehead atoms. The predicted molar refractivity (Wildman–Crippen MR) is 73.3 cm³/mol. The van der Waals surface area contributed by atoms with Crippen molar-refractivity contribution in [3.63, 3.8) is 0 Å². The Labute approximate surface area is 118 Å². The maximum absolute atomic E-state index is 11.4. The Morgan fingerprint density at radius 1 is 1.47 bits per heavy atom. The van der Waals surface area contributed by atoms with Gasteiger partial charge in [-0.05, 0) is 26.3 Å². The highest BCUT2D eigenvalue weighted by Gasteiger charge is 2.28. The van der Waals surface area contributed by atoms with Crippen molar-refractivity contribution in [2.24, 2.45) is 7.05 Å². The molecule has 0 amide bonds. The van der Waals surface area contributed by atoms with E-state index >= 15 is 0 Å². The van der Waals surface area contributed by atoms with Gasteiger partial charge in [-0.25, -0.2) is 0 Å². The average Bonchev–Trinajstić information content (AvgIpc) is 2.57. The van der Waals surface area contributed by atoms with Gasteiger partial charge in [0.1, 0.15) is 11.2 Å². The number of hydrogen-bond acceptors (Lipinski definition) is 3. The number of hydrogen-bond donors (Lipinski definition) is 1. The van der Waals surface area contributed by atoms with Crippen molar-refractivity contribution in [2.45, 2.75) is 45.2 Å². The SMILES string of the molecule is Cc1nn(C)c(Cl)c1CN1CCCCCC1C(=O)O. The molecule has 1 atom stereocenters. The van der Waals surface area contributed by atoms with Gasteiger partial charge in [0.25, 0.3) is 0 Å². The van der Waals surface area contributed by atoms with Gasteiger partial charge in [-0.2, -0.15) is 5.10 Å². The summed E-state index contributed by atoms with van der Waals surface area (Å²) >= 11 is 6.23. The molecule has 19 heavy (non-hydrogen) atoms. The van der Waals surface area contributed by atoms with Gasteiger partial charge in [0.2, 0.25) is 0 Å². The molecule has 1 aliphatic rings. The van der Waals surface area contributed by atoms with E-state index in [-0.39, 0.29) is 0 Å². The second-order valence-corrected chi connectivity index (χ2v) is 5.51. The van der Waals surface area contributed by atoms with Crippen molar-refractivity contribution in [1.82, 2.24) is 14.7 Å². The molecule has 0 aromatic carbocycles. The highest BCUT2D eigenvalue weighted by molar-refractivity contribution is 6.30. The summed E-state index contributed by atoms with van der Waals surface area (Å²) in [5.41, 5.74) is 1.82. The predicted octanol–water partition coefficient (Wildman–Crippen LogP) is 2.21. The van der Waals surface area contributed by atoms with Crippen molar-refractivity contribution in [3.05, 3.63) is 16.4 Å². The van der Waals surface area contributed by atoms with Crippen LogP contribution in [0, 0.1) is 6.92 Å². The van der Waals surface area contributed by atoms with E-state index in [1.807, 2.05) is 11.8 Å². The zero-order valence-electron chi connectivity index (χ0n) is 11.4. The molecule has 5 nitrogen and oxygen atoms in total. The minimum absolute atomic E-state index is 0.404. The van der Waals surface area contributed by atoms with Gasteiger partial charge in [0.05, 0.1) is 5.69 Å². The summed E-state index contributed by atoms with van der Waals surface area (Å²) < 4.78 is 1.64. The van der Waals surface area contributed by atoms with E-state index in [1.54, 1.807) is 11.7 Å². The number of halogens is 1. The second kappa shape index (κ2) is 5.92. The summed E-state index contributed by atoms with van der Waals surface area (Å²) in [5.74, 6) is -0.737. The van der Waals surface area contributed by atoms with Gasteiger partial charge in [-0.15, -0.1) is 0 Å². The molecule has 0 radical (unpaired) electrons. The van der Waals surface area contributed by atoms with Crippen molar-refractivity contribution >= 4 is 17.6 Å². The number of aliphatic carboxylic acids is 1. The summed E-state index contributed by atoms with van der Waals surface area (Å²) in [4.78, 5) is 13.4. The van der Waals surface area contributed by atoms with Crippen LogP contribution < -0.4 is 0 Å². The molecule has 0 spiro atoms. The fourth-order valence-electron chi connectivity index (χ4n) is 2.69. The van der Waals surface area contributed by atoms with E-state index in [4.69, 9.17) is 11.6 Å². The molecule has 1 fully saturated rings. The number of likely N-dealkylation sites (tertiary alicyclic amines) is 1. The van der Waals surface area contributed by atoms with Crippen LogP contribution in [0.25, 0.3) is 0 Å². The van der Waals surface area contributed by atoms with Gasteiger partial charge in [-0.3, -0.25) is 14.4 Å². The molecule has 2 heterocycles. The van der Waals surface area contributed by atoms with Crippen LogP contribution in [0.2, 0.25) is 5.15 Å². The van der Waals surface area contributed by atoms with Crippen molar-refractivity contribution in [1.29, 1.82) is 0 Å². The molecule has 106 valence electrons. The van der Waals surface area contributed by atoms with Crippen LogP contribution in [0.3, 0.4) is 0 Å². The van der Waals surface area contributed by atoms with E-state index in [2.05, 4.69) is 5.10 Å². The minimum Gasteiger partial charge on any atom is -0.480 e. The number of aryl methyl sites for hydroxylation is 2. The largest absolute Gasteiger partial charge is 0.480 e. The van der Waals surface area contributed by atoms with E-state index in [0.29, 0.717) is 18.1 Å². The molecular weight excluding hydrogens is 266 g/mol. The van der Waals surface area contributed by atoms with Crippen molar-refractivity contribution in [3.8, 4) is 0 Å². The van der Waals surface area contributed by atoms with Gasteiger partial charge < -0.3 is 5.11 Å². The lowest BCUT2D eigenvalue weighted by atomic mass is 10.1. The van der Waals surface area contributed by atoms with Gasteiger partial charge in [0.15, 0.2) is 0 Å². The van der Waals surface area contributed by atoms with Gasteiger partial charge in [0, 0.05) is 19.2 Å². The standard InChI is InChI=1S/C13H20ClN3O2/c1-9-10(12(14)16(2)15-9)8-17-7-5-3-4-6-11(17)13(18)19/h11H,3-8H2,1-2H3,(H,18,19). The van der Waals surface area contributed by atoms with Crippen LogP contribution in [0.5, 0.6) is 0 Å². The first kappa shape index (κ1) is 14.3. The van der Waals surface area contributed by atoms with E-state index in [1.165, 1.54) is 0 Å². The smallest absolute Gasteiger partial charge is 0.320 e. The van der Waals surface area contributed by atoms with Crippen LogP contribution in [0.1, 0.15) is 36.9 Å². The molecule has 1 unspecified atom stereocenters. The van der Waals surface area contributed by atoms with Crippen LogP contribution in [0.15, 0.2) is 0 Å². The lowest BCUT2D eigenvalue weighted by Crippen LogP contribution is -2.40. The highest BCUT2D eigenvalue weighted by Crippen LogP contribution is 2.24. The Balaban J connectivity index is 2.21. The molecule has 2 rings (SSSR count).